The zero-order valence-electron chi connectivity index (χ0n) is 13.0. The van der Waals surface area contributed by atoms with E-state index in [-0.39, 0.29) is 11.3 Å². The Morgan fingerprint density at radius 2 is 2.05 bits per heavy atom. The van der Waals surface area contributed by atoms with Gasteiger partial charge in [0.05, 0.1) is 0 Å². The Kier molecular flexibility index (Phi) is 6.40. The van der Waals surface area contributed by atoms with Crippen molar-refractivity contribution in [3.05, 3.63) is 29.8 Å². The second-order valence-electron chi connectivity index (χ2n) is 6.07. The summed E-state index contributed by atoms with van der Waals surface area (Å²) in [7, 11) is 0. The smallest absolute Gasteiger partial charge is 0.342 e. The minimum absolute atomic E-state index is 0.0714. The maximum absolute atomic E-state index is 12.1. The minimum Gasteiger partial charge on any atom is -0.507 e. The second kappa shape index (κ2) is 7.81. The van der Waals surface area contributed by atoms with Crippen molar-refractivity contribution in [1.82, 2.24) is 0 Å². The van der Waals surface area contributed by atoms with Gasteiger partial charge in [0.15, 0.2) is 0 Å². The van der Waals surface area contributed by atoms with Crippen molar-refractivity contribution in [2.24, 2.45) is 5.92 Å². The van der Waals surface area contributed by atoms with E-state index in [0.717, 1.165) is 25.5 Å². The minimum atomic E-state index is -0.597. The maximum Gasteiger partial charge on any atom is 0.342 e. The number of para-hydroxylation sites is 1. The van der Waals surface area contributed by atoms with Gasteiger partial charge in [-0.15, -0.1) is 0 Å². The fraction of sp³-hybridized carbons (Fsp3) is 0.529. The molecule has 1 N–H and O–H groups in total. The van der Waals surface area contributed by atoms with E-state index in [4.69, 9.17) is 4.74 Å². The van der Waals surface area contributed by atoms with Crippen LogP contribution in [0.3, 0.4) is 0 Å². The van der Waals surface area contributed by atoms with Crippen LogP contribution in [0.2, 0.25) is 0 Å². The van der Waals surface area contributed by atoms with Crippen LogP contribution in [-0.4, -0.2) is 23.0 Å². The van der Waals surface area contributed by atoms with Gasteiger partial charge in [-0.25, -0.2) is 4.79 Å². The molecule has 0 saturated heterocycles. The molecule has 0 fully saturated rings. The van der Waals surface area contributed by atoms with Gasteiger partial charge in [-0.3, -0.25) is 0 Å². The molecule has 0 bridgehead atoms. The van der Waals surface area contributed by atoms with Crippen LogP contribution in [0.4, 0.5) is 0 Å². The van der Waals surface area contributed by atoms with Crippen LogP contribution < -0.4 is 0 Å². The first kappa shape index (κ1) is 17.2. The van der Waals surface area contributed by atoms with Crippen LogP contribution in [0.1, 0.15) is 56.8 Å². The molecule has 1 aromatic rings. The van der Waals surface area contributed by atoms with Gasteiger partial charge in [-0.05, 0) is 44.7 Å². The lowest BCUT2D eigenvalue weighted by atomic mass is 9.95. The zero-order chi connectivity index (χ0) is 15.9. The molecule has 21 heavy (non-hydrogen) atoms. The highest BCUT2D eigenvalue weighted by molar-refractivity contribution is 5.92. The third-order valence-electron chi connectivity index (χ3n) is 3.47. The van der Waals surface area contributed by atoms with E-state index in [1.807, 2.05) is 20.8 Å². The maximum atomic E-state index is 12.1. The molecule has 0 heterocycles. The summed E-state index contributed by atoms with van der Waals surface area (Å²) in [4.78, 5) is 22.5. The second-order valence-corrected chi connectivity index (χ2v) is 6.07. The van der Waals surface area contributed by atoms with E-state index < -0.39 is 11.6 Å². The molecule has 0 spiro atoms. The summed E-state index contributed by atoms with van der Waals surface area (Å²) < 4.78 is 5.48. The van der Waals surface area contributed by atoms with Crippen molar-refractivity contribution in [2.75, 3.05) is 0 Å². The molecule has 4 nitrogen and oxygen atoms in total. The van der Waals surface area contributed by atoms with Gasteiger partial charge in [0.2, 0.25) is 0 Å². The quantitative estimate of drug-likeness (QED) is 0.586. The van der Waals surface area contributed by atoms with E-state index in [9.17, 15) is 14.7 Å². The molecule has 0 aliphatic rings. The summed E-state index contributed by atoms with van der Waals surface area (Å²) in [6.45, 7) is 5.75. The van der Waals surface area contributed by atoms with Gasteiger partial charge in [-0.2, -0.15) is 0 Å². The average molecular weight is 292 g/mol. The number of aldehydes is 1. The highest BCUT2D eigenvalue weighted by atomic mass is 16.6. The number of hydrogen-bond acceptors (Lipinski definition) is 4. The Bertz CT molecular complexity index is 479. The summed E-state index contributed by atoms with van der Waals surface area (Å²) >= 11 is 0. The molecule has 1 atom stereocenters. The van der Waals surface area contributed by atoms with Gasteiger partial charge in [0.1, 0.15) is 23.2 Å². The number of esters is 1. The van der Waals surface area contributed by atoms with Crippen molar-refractivity contribution in [2.45, 2.75) is 52.1 Å². The van der Waals surface area contributed by atoms with Gasteiger partial charge < -0.3 is 14.6 Å². The van der Waals surface area contributed by atoms with E-state index in [1.54, 1.807) is 18.2 Å². The van der Waals surface area contributed by atoms with E-state index in [2.05, 4.69) is 0 Å². The van der Waals surface area contributed by atoms with E-state index >= 15 is 0 Å². The summed E-state index contributed by atoms with van der Waals surface area (Å²) in [6, 6.07) is 6.35. The zero-order valence-corrected chi connectivity index (χ0v) is 13.0. The van der Waals surface area contributed by atoms with Crippen molar-refractivity contribution in [3.8, 4) is 5.75 Å². The Labute approximate surface area is 126 Å². The first-order valence-electron chi connectivity index (χ1n) is 7.30. The van der Waals surface area contributed by atoms with Crippen LogP contribution in [0.5, 0.6) is 5.75 Å². The molecular weight excluding hydrogens is 268 g/mol. The lowest BCUT2D eigenvalue weighted by Gasteiger charge is -2.25. The Balaban J connectivity index is 2.50. The fourth-order valence-electron chi connectivity index (χ4n) is 2.16. The predicted octanol–water partition coefficient (Wildman–Crippen LogP) is 3.72. The van der Waals surface area contributed by atoms with Gasteiger partial charge in [-0.1, -0.05) is 25.5 Å². The Morgan fingerprint density at radius 3 is 2.67 bits per heavy atom. The summed E-state index contributed by atoms with van der Waals surface area (Å²) in [6.07, 6.45) is 4.04. The molecule has 4 heteroatoms. The number of aromatic hydroxyl groups is 1. The fourth-order valence-corrected chi connectivity index (χ4v) is 2.16. The van der Waals surface area contributed by atoms with Crippen LogP contribution in [0.25, 0.3) is 0 Å². The highest BCUT2D eigenvalue weighted by Crippen LogP contribution is 2.24. The highest BCUT2D eigenvalue weighted by Gasteiger charge is 2.24. The third-order valence-corrected chi connectivity index (χ3v) is 3.47. The van der Waals surface area contributed by atoms with Crippen molar-refractivity contribution >= 4 is 12.3 Å². The molecular formula is C17H24O4. The van der Waals surface area contributed by atoms with Gasteiger partial charge in [0, 0.05) is 6.42 Å². The van der Waals surface area contributed by atoms with Gasteiger partial charge >= 0.3 is 5.97 Å². The molecule has 1 aromatic carbocycles. The molecule has 0 aliphatic heterocycles. The number of benzene rings is 1. The number of ether oxygens (including phenoxy) is 1. The van der Waals surface area contributed by atoms with Crippen molar-refractivity contribution in [3.63, 3.8) is 0 Å². The van der Waals surface area contributed by atoms with Crippen molar-refractivity contribution in [1.29, 1.82) is 0 Å². The number of rotatable bonds is 8. The topological polar surface area (TPSA) is 63.6 Å². The Morgan fingerprint density at radius 1 is 1.38 bits per heavy atom. The number of carbonyl (C=O) groups excluding carboxylic acids is 2. The number of phenolic OH excluding ortho intramolecular Hbond substituents is 1. The molecule has 0 radical (unpaired) electrons. The van der Waals surface area contributed by atoms with Crippen LogP contribution in [0.15, 0.2) is 24.3 Å². The molecule has 0 aliphatic carbocycles. The number of phenols is 1. The molecule has 0 aromatic heterocycles. The molecule has 1 unspecified atom stereocenters. The van der Waals surface area contributed by atoms with Crippen LogP contribution in [-0.2, 0) is 9.53 Å². The first-order valence-corrected chi connectivity index (χ1v) is 7.30. The normalized spacial score (nSPS) is 12.7. The molecule has 1 rings (SSSR count). The summed E-state index contributed by atoms with van der Waals surface area (Å²) in [5, 5.41) is 9.65. The Hall–Kier alpha value is -1.84. The summed E-state index contributed by atoms with van der Waals surface area (Å²) in [5.74, 6) is -0.232. The number of carbonyl (C=O) groups is 2. The van der Waals surface area contributed by atoms with Gasteiger partial charge in [0.25, 0.3) is 0 Å². The molecule has 0 amide bonds. The predicted molar refractivity (Wildman–Crippen MR) is 81.3 cm³/mol. The third kappa shape index (κ3) is 5.98. The number of hydrogen-bond donors (Lipinski definition) is 1. The standard InChI is InChI=1S/C17H24O4/c1-13(10-12-18)7-6-11-17(2,3)21-16(20)14-8-4-5-9-15(14)19/h4-5,8-9,12-13,19H,6-7,10-11H2,1-3H3. The lowest BCUT2D eigenvalue weighted by Crippen LogP contribution is -2.28. The lowest BCUT2D eigenvalue weighted by molar-refractivity contribution is -0.108. The van der Waals surface area contributed by atoms with Crippen molar-refractivity contribution < 1.29 is 19.4 Å². The monoisotopic (exact) mass is 292 g/mol. The SMILES string of the molecule is CC(CC=O)CCCC(C)(C)OC(=O)c1ccccc1O. The largest absolute Gasteiger partial charge is 0.507 e. The first-order chi connectivity index (χ1) is 9.85. The van der Waals surface area contributed by atoms with E-state index in [1.165, 1.54) is 6.07 Å². The van der Waals surface area contributed by atoms with Crippen LogP contribution in [0, 0.1) is 5.92 Å². The van der Waals surface area contributed by atoms with Crippen LogP contribution >= 0.6 is 0 Å². The van der Waals surface area contributed by atoms with E-state index in [0.29, 0.717) is 12.3 Å². The molecule has 0 saturated carbocycles. The summed E-state index contributed by atoms with van der Waals surface area (Å²) in [5.41, 5.74) is -0.416. The average Bonchev–Trinajstić information content (AvgIpc) is 2.38. The molecule has 116 valence electrons.